The van der Waals surface area contributed by atoms with Gasteiger partial charge in [0.1, 0.15) is 23.5 Å². The van der Waals surface area contributed by atoms with E-state index in [0.717, 1.165) is 24.3 Å². The Bertz CT molecular complexity index is 1030. The average Bonchev–Trinajstić information content (AvgIpc) is 2.85. The lowest BCUT2D eigenvalue weighted by Crippen LogP contribution is -2.50. The summed E-state index contributed by atoms with van der Waals surface area (Å²) in [6.45, 7) is 8.59. The number of rotatable bonds is 7. The Morgan fingerprint density at radius 3 is 2.20 bits per heavy atom. The van der Waals surface area contributed by atoms with Crippen LogP contribution in [0, 0.1) is 0 Å². The van der Waals surface area contributed by atoms with Crippen molar-refractivity contribution in [2.24, 2.45) is 0 Å². The summed E-state index contributed by atoms with van der Waals surface area (Å²) in [6.07, 6.45) is 1.11. The summed E-state index contributed by atoms with van der Waals surface area (Å²) in [5, 5.41) is 0. The zero-order chi connectivity index (χ0) is 25.4. The highest BCUT2D eigenvalue weighted by atomic mass is 16.6. The van der Waals surface area contributed by atoms with Gasteiger partial charge >= 0.3 is 12.1 Å². The number of carbonyl (C=O) groups is 2. The standard InChI is InChI=1S/C27H34N2O6/c1-27(2,3)35-26(31)29-16-14-28(15-17-29)21-10-12-22(13-11-21)34-18-20-8-6-7-9-23(20)24(19-32-4)25(30)33-5/h6-13,19H,14-18H2,1-5H3/b24-19+. The van der Waals surface area contributed by atoms with Gasteiger partial charge in [-0.3, -0.25) is 0 Å². The fourth-order valence-corrected chi connectivity index (χ4v) is 3.75. The molecule has 0 saturated carbocycles. The quantitative estimate of drug-likeness (QED) is 0.327. The van der Waals surface area contributed by atoms with Gasteiger partial charge in [-0.1, -0.05) is 24.3 Å². The lowest BCUT2D eigenvalue weighted by Gasteiger charge is -2.36. The second-order valence-electron chi connectivity index (χ2n) is 9.15. The monoisotopic (exact) mass is 482 g/mol. The lowest BCUT2D eigenvalue weighted by atomic mass is 10.0. The van der Waals surface area contributed by atoms with Crippen LogP contribution in [0.25, 0.3) is 5.57 Å². The van der Waals surface area contributed by atoms with Crippen LogP contribution in [0.4, 0.5) is 10.5 Å². The van der Waals surface area contributed by atoms with E-state index in [1.165, 1.54) is 20.5 Å². The molecule has 0 spiro atoms. The Hall–Kier alpha value is -3.68. The highest BCUT2D eigenvalue weighted by Crippen LogP contribution is 2.25. The number of nitrogens with zero attached hydrogens (tertiary/aromatic N) is 2. The van der Waals surface area contributed by atoms with Crippen LogP contribution in [0.1, 0.15) is 31.9 Å². The number of benzene rings is 2. The first-order valence-corrected chi connectivity index (χ1v) is 11.6. The van der Waals surface area contributed by atoms with Gasteiger partial charge in [0.2, 0.25) is 0 Å². The third-order valence-electron chi connectivity index (χ3n) is 5.48. The number of amides is 1. The van der Waals surface area contributed by atoms with E-state index in [1.54, 1.807) is 4.90 Å². The predicted octanol–water partition coefficient (Wildman–Crippen LogP) is 4.48. The molecule has 2 aromatic rings. The molecule has 1 aliphatic heterocycles. The summed E-state index contributed by atoms with van der Waals surface area (Å²) in [4.78, 5) is 28.5. The maximum absolute atomic E-state index is 12.3. The third kappa shape index (κ3) is 7.15. The van der Waals surface area contributed by atoms with E-state index in [2.05, 4.69) is 4.90 Å². The second kappa shape index (κ2) is 11.6. The zero-order valence-corrected chi connectivity index (χ0v) is 21.1. The van der Waals surface area contributed by atoms with Crippen molar-refractivity contribution < 1.29 is 28.5 Å². The number of anilines is 1. The molecule has 8 heteroatoms. The molecular formula is C27H34N2O6. The minimum absolute atomic E-state index is 0.267. The number of hydrogen-bond acceptors (Lipinski definition) is 7. The van der Waals surface area contributed by atoms with Crippen LogP contribution < -0.4 is 9.64 Å². The Balaban J connectivity index is 1.59. The van der Waals surface area contributed by atoms with Crippen molar-refractivity contribution in [1.29, 1.82) is 0 Å². The lowest BCUT2D eigenvalue weighted by molar-refractivity contribution is -0.133. The number of piperazine rings is 1. The summed E-state index contributed by atoms with van der Waals surface area (Å²) in [7, 11) is 2.82. The van der Waals surface area contributed by atoms with Gasteiger partial charge in [-0.05, 0) is 56.2 Å². The minimum Gasteiger partial charge on any atom is -0.503 e. The van der Waals surface area contributed by atoms with Crippen LogP contribution >= 0.6 is 0 Å². The molecule has 188 valence electrons. The second-order valence-corrected chi connectivity index (χ2v) is 9.15. The van der Waals surface area contributed by atoms with Crippen molar-refractivity contribution >= 4 is 23.3 Å². The first-order valence-electron chi connectivity index (χ1n) is 11.6. The predicted molar refractivity (Wildman–Crippen MR) is 134 cm³/mol. The van der Waals surface area contributed by atoms with Crippen LogP contribution in [0.5, 0.6) is 5.75 Å². The van der Waals surface area contributed by atoms with Crippen LogP contribution in [-0.2, 0) is 25.6 Å². The summed E-state index contributed by atoms with van der Waals surface area (Å²) in [6, 6.07) is 15.3. The van der Waals surface area contributed by atoms with Crippen LogP contribution in [-0.4, -0.2) is 63.0 Å². The van der Waals surface area contributed by atoms with E-state index in [0.29, 0.717) is 30.0 Å². The average molecular weight is 483 g/mol. The van der Waals surface area contributed by atoms with Gasteiger partial charge in [-0.25, -0.2) is 9.59 Å². The molecule has 1 amide bonds. The van der Waals surface area contributed by atoms with Crippen LogP contribution in [0.2, 0.25) is 0 Å². The first kappa shape index (κ1) is 25.9. The van der Waals surface area contributed by atoms with Gasteiger partial charge in [0, 0.05) is 31.9 Å². The van der Waals surface area contributed by atoms with E-state index < -0.39 is 11.6 Å². The molecule has 0 aliphatic carbocycles. The van der Waals surface area contributed by atoms with Gasteiger partial charge < -0.3 is 28.7 Å². The van der Waals surface area contributed by atoms with Gasteiger partial charge in [0.05, 0.1) is 20.5 Å². The molecule has 1 fully saturated rings. The number of methoxy groups -OCH3 is 2. The van der Waals surface area contributed by atoms with E-state index in [1.807, 2.05) is 69.3 Å². The van der Waals surface area contributed by atoms with Crippen molar-refractivity contribution in [3.05, 3.63) is 65.9 Å². The Morgan fingerprint density at radius 1 is 0.943 bits per heavy atom. The van der Waals surface area contributed by atoms with Crippen LogP contribution in [0.3, 0.4) is 0 Å². The van der Waals surface area contributed by atoms with Crippen LogP contribution in [0.15, 0.2) is 54.8 Å². The van der Waals surface area contributed by atoms with Crippen molar-refractivity contribution in [2.75, 3.05) is 45.3 Å². The van der Waals surface area contributed by atoms with Gasteiger partial charge in [0.15, 0.2) is 0 Å². The molecule has 0 atom stereocenters. The van der Waals surface area contributed by atoms with Gasteiger partial charge in [-0.15, -0.1) is 0 Å². The van der Waals surface area contributed by atoms with Gasteiger partial charge in [-0.2, -0.15) is 0 Å². The maximum Gasteiger partial charge on any atom is 0.410 e. The number of esters is 1. The molecule has 8 nitrogen and oxygen atoms in total. The fourth-order valence-electron chi connectivity index (χ4n) is 3.75. The summed E-state index contributed by atoms with van der Waals surface area (Å²) < 4.78 is 21.4. The summed E-state index contributed by atoms with van der Waals surface area (Å²) in [5.41, 5.74) is 2.43. The molecule has 0 unspecified atom stereocenters. The molecule has 1 heterocycles. The van der Waals surface area contributed by atoms with E-state index in [9.17, 15) is 9.59 Å². The molecule has 0 bridgehead atoms. The summed E-state index contributed by atoms with van der Waals surface area (Å²) in [5.74, 6) is 0.238. The highest BCUT2D eigenvalue weighted by molar-refractivity contribution is 6.16. The van der Waals surface area contributed by atoms with Crippen molar-refractivity contribution in [2.45, 2.75) is 33.0 Å². The molecular weight excluding hydrogens is 448 g/mol. The fraction of sp³-hybridized carbons (Fsp3) is 0.407. The topological polar surface area (TPSA) is 77.5 Å². The Labute approximate surface area is 207 Å². The minimum atomic E-state index is -0.495. The van der Waals surface area contributed by atoms with E-state index in [4.69, 9.17) is 18.9 Å². The Kier molecular flexibility index (Phi) is 8.63. The number of ether oxygens (including phenoxy) is 4. The zero-order valence-electron chi connectivity index (χ0n) is 21.1. The normalized spacial score (nSPS) is 14.4. The molecule has 0 aromatic heterocycles. The van der Waals surface area contributed by atoms with Gasteiger partial charge in [0.25, 0.3) is 0 Å². The largest absolute Gasteiger partial charge is 0.503 e. The number of hydrogen-bond donors (Lipinski definition) is 0. The molecule has 0 N–H and O–H groups in total. The molecule has 35 heavy (non-hydrogen) atoms. The molecule has 1 saturated heterocycles. The van der Waals surface area contributed by atoms with Crippen molar-refractivity contribution in [3.63, 3.8) is 0 Å². The molecule has 2 aromatic carbocycles. The highest BCUT2D eigenvalue weighted by Gasteiger charge is 2.26. The van der Waals surface area contributed by atoms with Crippen molar-refractivity contribution in [1.82, 2.24) is 4.90 Å². The Morgan fingerprint density at radius 2 is 1.60 bits per heavy atom. The SMILES string of the molecule is CO/C=C(/C(=O)OC)c1ccccc1COc1ccc(N2CCN(C(=O)OC(C)(C)C)CC2)cc1. The summed E-state index contributed by atoms with van der Waals surface area (Å²) >= 11 is 0. The van der Waals surface area contributed by atoms with Crippen molar-refractivity contribution in [3.8, 4) is 5.75 Å². The molecule has 0 radical (unpaired) electrons. The number of carbonyl (C=O) groups excluding carboxylic acids is 2. The van der Waals surface area contributed by atoms with E-state index >= 15 is 0 Å². The molecule has 3 rings (SSSR count). The van der Waals surface area contributed by atoms with E-state index in [-0.39, 0.29) is 12.7 Å². The molecule has 1 aliphatic rings. The first-order chi connectivity index (χ1) is 16.7. The third-order valence-corrected chi connectivity index (χ3v) is 5.48. The maximum atomic E-state index is 12.3. The smallest absolute Gasteiger partial charge is 0.410 e.